The van der Waals surface area contributed by atoms with Crippen LogP contribution in [-0.2, 0) is 5.60 Å². The molecule has 0 bridgehead atoms. The monoisotopic (exact) mass is 434 g/mol. The van der Waals surface area contributed by atoms with E-state index in [1.165, 1.54) is 0 Å². The maximum atomic E-state index is 13.1. The van der Waals surface area contributed by atoms with Gasteiger partial charge in [0.1, 0.15) is 5.60 Å². The van der Waals surface area contributed by atoms with Crippen LogP contribution in [0.3, 0.4) is 0 Å². The number of fused-ring (bicyclic) bond motifs is 7. The fraction of sp³-hybridized carbons (Fsp3) is 0.0303. The topological polar surface area (TPSA) is 20.2 Å². The van der Waals surface area contributed by atoms with Gasteiger partial charge >= 0.3 is 0 Å². The molecule has 0 radical (unpaired) electrons. The number of hydrogen-bond donors (Lipinski definition) is 1. The number of hydrogen-bond acceptors (Lipinski definition) is 1. The zero-order valence-corrected chi connectivity index (χ0v) is 18.6. The second-order valence-electron chi connectivity index (χ2n) is 9.04. The normalized spacial score (nSPS) is 13.7. The predicted octanol–water partition coefficient (Wildman–Crippen LogP) is 7.92. The van der Waals surface area contributed by atoms with Gasteiger partial charge in [0, 0.05) is 16.7 Å². The van der Waals surface area contributed by atoms with Crippen molar-refractivity contribution in [2.75, 3.05) is 0 Å². The van der Waals surface area contributed by atoms with Gasteiger partial charge in [0.05, 0.1) is 0 Å². The van der Waals surface area contributed by atoms with Gasteiger partial charge in [-0.1, -0.05) is 127 Å². The maximum absolute atomic E-state index is 13.1. The van der Waals surface area contributed by atoms with Crippen molar-refractivity contribution in [2.24, 2.45) is 0 Å². The molecule has 1 heteroatoms. The molecule has 0 aromatic heterocycles. The summed E-state index contributed by atoms with van der Waals surface area (Å²) in [5.41, 5.74) is 5.91. The van der Waals surface area contributed by atoms with Crippen LogP contribution in [0.1, 0.15) is 16.7 Å². The average Bonchev–Trinajstić information content (AvgIpc) is 3.19. The van der Waals surface area contributed by atoms with E-state index < -0.39 is 5.60 Å². The fourth-order valence-electron chi connectivity index (χ4n) is 5.83. The van der Waals surface area contributed by atoms with E-state index >= 15 is 0 Å². The molecule has 6 aromatic rings. The third-order valence-corrected chi connectivity index (χ3v) is 7.27. The Morgan fingerprint density at radius 1 is 0.412 bits per heavy atom. The molecule has 1 nitrogen and oxygen atoms in total. The molecular weight excluding hydrogens is 412 g/mol. The van der Waals surface area contributed by atoms with Crippen molar-refractivity contribution in [3.8, 4) is 22.3 Å². The first-order valence-electron chi connectivity index (χ1n) is 11.7. The Hall–Kier alpha value is -4.20. The Labute approximate surface area is 198 Å². The summed E-state index contributed by atoms with van der Waals surface area (Å²) in [6.45, 7) is 0. The molecule has 1 aliphatic carbocycles. The number of aliphatic hydroxyl groups is 1. The van der Waals surface area contributed by atoms with Crippen molar-refractivity contribution in [3.63, 3.8) is 0 Å². The lowest BCUT2D eigenvalue weighted by atomic mass is 9.77. The van der Waals surface area contributed by atoms with Gasteiger partial charge in [0.15, 0.2) is 0 Å². The molecule has 1 N–H and O–H groups in total. The first-order chi connectivity index (χ1) is 16.8. The molecule has 0 amide bonds. The van der Waals surface area contributed by atoms with Crippen LogP contribution in [0.4, 0.5) is 0 Å². The smallest absolute Gasteiger partial charge is 0.143 e. The SMILES string of the molecule is OC1(c2ccccc2-c2ccccc2)c2c(ccc3ccccc23)-c2ccc3ccccc3c21. The number of benzene rings is 6. The van der Waals surface area contributed by atoms with E-state index in [1.807, 2.05) is 12.1 Å². The minimum atomic E-state index is -1.29. The predicted molar refractivity (Wildman–Crippen MR) is 141 cm³/mol. The molecule has 160 valence electrons. The molecule has 1 aliphatic rings. The zero-order valence-electron chi connectivity index (χ0n) is 18.6. The van der Waals surface area contributed by atoms with Crippen molar-refractivity contribution in [2.45, 2.75) is 5.60 Å². The minimum Gasteiger partial charge on any atom is -0.376 e. The summed E-state index contributed by atoms with van der Waals surface area (Å²) < 4.78 is 0. The summed E-state index contributed by atoms with van der Waals surface area (Å²) in [5.74, 6) is 0. The van der Waals surface area contributed by atoms with Crippen molar-refractivity contribution >= 4 is 21.5 Å². The van der Waals surface area contributed by atoms with E-state index in [9.17, 15) is 5.11 Å². The van der Waals surface area contributed by atoms with Gasteiger partial charge in [0.2, 0.25) is 0 Å². The molecule has 0 unspecified atom stereocenters. The van der Waals surface area contributed by atoms with Crippen LogP contribution < -0.4 is 0 Å². The van der Waals surface area contributed by atoms with Gasteiger partial charge in [-0.2, -0.15) is 0 Å². The molecule has 7 rings (SSSR count). The highest BCUT2D eigenvalue weighted by molar-refractivity contribution is 6.04. The quantitative estimate of drug-likeness (QED) is 0.293. The van der Waals surface area contributed by atoms with Crippen molar-refractivity contribution in [1.29, 1.82) is 0 Å². The zero-order chi connectivity index (χ0) is 22.7. The van der Waals surface area contributed by atoms with E-state index in [0.717, 1.165) is 60.5 Å². The Bertz CT molecular complexity index is 1630. The second kappa shape index (κ2) is 7.15. The largest absolute Gasteiger partial charge is 0.376 e. The Balaban J connectivity index is 1.68. The average molecular weight is 435 g/mol. The van der Waals surface area contributed by atoms with Crippen LogP contribution in [0.5, 0.6) is 0 Å². The summed E-state index contributed by atoms with van der Waals surface area (Å²) in [7, 11) is 0. The molecule has 0 fully saturated rings. The Morgan fingerprint density at radius 2 is 0.912 bits per heavy atom. The highest BCUT2D eigenvalue weighted by Gasteiger charge is 2.46. The highest BCUT2D eigenvalue weighted by Crippen LogP contribution is 2.56. The first-order valence-corrected chi connectivity index (χ1v) is 11.7. The van der Waals surface area contributed by atoms with E-state index in [0.29, 0.717) is 0 Å². The fourth-order valence-corrected chi connectivity index (χ4v) is 5.83. The van der Waals surface area contributed by atoms with Gasteiger partial charge in [-0.3, -0.25) is 0 Å². The highest BCUT2D eigenvalue weighted by atomic mass is 16.3. The van der Waals surface area contributed by atoms with Crippen LogP contribution in [-0.4, -0.2) is 5.11 Å². The van der Waals surface area contributed by atoms with E-state index in [2.05, 4.69) is 115 Å². The molecule has 0 saturated carbocycles. The minimum absolute atomic E-state index is 0.911. The lowest BCUT2D eigenvalue weighted by Crippen LogP contribution is -2.27. The number of rotatable bonds is 2. The third kappa shape index (κ3) is 2.53. The Kier molecular flexibility index (Phi) is 4.05. The molecule has 6 aromatic carbocycles. The molecule has 0 aliphatic heterocycles. The van der Waals surface area contributed by atoms with Crippen LogP contribution in [0, 0.1) is 0 Å². The second-order valence-corrected chi connectivity index (χ2v) is 9.04. The molecule has 34 heavy (non-hydrogen) atoms. The summed E-state index contributed by atoms with van der Waals surface area (Å²) in [4.78, 5) is 0. The van der Waals surface area contributed by atoms with Gasteiger partial charge < -0.3 is 5.11 Å². The van der Waals surface area contributed by atoms with Crippen molar-refractivity contribution in [1.82, 2.24) is 0 Å². The molecule has 0 atom stereocenters. The van der Waals surface area contributed by atoms with E-state index in [1.54, 1.807) is 0 Å². The maximum Gasteiger partial charge on any atom is 0.143 e. The molecule has 0 heterocycles. The summed E-state index contributed by atoms with van der Waals surface area (Å²) in [5, 5.41) is 17.5. The standard InChI is InChI=1S/C33H22O/c34-33(30-17-9-8-14-25(30)22-10-2-1-3-11-22)31-26-15-6-4-12-23(26)18-20-28(31)29-21-19-24-13-5-7-16-27(24)32(29)33/h1-21,34H. The van der Waals surface area contributed by atoms with Gasteiger partial charge in [-0.25, -0.2) is 0 Å². The van der Waals surface area contributed by atoms with Crippen LogP contribution in [0.2, 0.25) is 0 Å². The third-order valence-electron chi connectivity index (χ3n) is 7.27. The van der Waals surface area contributed by atoms with Crippen molar-refractivity contribution in [3.05, 3.63) is 144 Å². The lowest BCUT2D eigenvalue weighted by Gasteiger charge is -2.31. The van der Waals surface area contributed by atoms with Crippen LogP contribution in [0.15, 0.2) is 127 Å². The molecular formula is C33H22O. The van der Waals surface area contributed by atoms with Crippen LogP contribution >= 0.6 is 0 Å². The van der Waals surface area contributed by atoms with Gasteiger partial charge in [-0.15, -0.1) is 0 Å². The van der Waals surface area contributed by atoms with Gasteiger partial charge in [-0.05, 0) is 43.8 Å². The van der Waals surface area contributed by atoms with E-state index in [-0.39, 0.29) is 0 Å². The van der Waals surface area contributed by atoms with Crippen LogP contribution in [0.25, 0.3) is 43.8 Å². The molecule has 0 spiro atoms. The summed E-state index contributed by atoms with van der Waals surface area (Å²) >= 11 is 0. The Morgan fingerprint density at radius 3 is 1.53 bits per heavy atom. The summed E-state index contributed by atoms with van der Waals surface area (Å²) in [6, 6.07) is 44.1. The van der Waals surface area contributed by atoms with Crippen molar-refractivity contribution < 1.29 is 5.11 Å². The molecule has 0 saturated heterocycles. The van der Waals surface area contributed by atoms with E-state index in [4.69, 9.17) is 0 Å². The summed E-state index contributed by atoms with van der Waals surface area (Å²) in [6.07, 6.45) is 0. The van der Waals surface area contributed by atoms with Gasteiger partial charge in [0.25, 0.3) is 0 Å². The first kappa shape index (κ1) is 19.3. The lowest BCUT2D eigenvalue weighted by molar-refractivity contribution is 0.134.